The van der Waals surface area contributed by atoms with Crippen LogP contribution >= 0.6 is 22.7 Å². The van der Waals surface area contributed by atoms with Gasteiger partial charge in [-0.25, -0.2) is 0 Å². The van der Waals surface area contributed by atoms with Crippen molar-refractivity contribution in [2.45, 2.75) is 19.9 Å². The zero-order valence-electron chi connectivity index (χ0n) is 9.53. The van der Waals surface area contributed by atoms with Crippen molar-refractivity contribution in [3.05, 3.63) is 38.2 Å². The Morgan fingerprint density at radius 2 is 2.12 bits per heavy atom. The zero-order valence-corrected chi connectivity index (χ0v) is 11.2. The van der Waals surface area contributed by atoms with Crippen molar-refractivity contribution in [1.82, 2.24) is 5.32 Å². The molecule has 0 unspecified atom stereocenters. The van der Waals surface area contributed by atoms with Crippen molar-refractivity contribution in [1.29, 1.82) is 0 Å². The number of carbonyl (C=O) groups excluding carboxylic acids is 1. The molecular weight excluding hydrogens is 252 g/mol. The smallest absolute Gasteiger partial charge is 0.263 e. The van der Waals surface area contributed by atoms with Gasteiger partial charge in [-0.05, 0) is 34.9 Å². The van der Waals surface area contributed by atoms with E-state index in [0.29, 0.717) is 17.1 Å². The monoisotopic (exact) mass is 266 g/mol. The maximum atomic E-state index is 11.8. The topological polar surface area (TPSA) is 55.1 Å². The molecule has 3 N–H and O–H groups in total. The van der Waals surface area contributed by atoms with E-state index in [4.69, 9.17) is 5.73 Å². The van der Waals surface area contributed by atoms with Gasteiger partial charge in [-0.15, -0.1) is 22.7 Å². The van der Waals surface area contributed by atoms with Crippen molar-refractivity contribution in [2.24, 2.45) is 0 Å². The van der Waals surface area contributed by atoms with Crippen molar-refractivity contribution >= 4 is 34.3 Å². The molecule has 17 heavy (non-hydrogen) atoms. The molecule has 2 aromatic rings. The fourth-order valence-corrected chi connectivity index (χ4v) is 3.23. The van der Waals surface area contributed by atoms with E-state index < -0.39 is 0 Å². The number of nitrogen functional groups attached to an aromatic ring is 1. The van der Waals surface area contributed by atoms with Crippen LogP contribution in [0.2, 0.25) is 0 Å². The molecule has 0 spiro atoms. The number of amides is 1. The average molecular weight is 266 g/mol. The molecule has 90 valence electrons. The SMILES string of the molecule is CCc1ccsc1CNC(=O)c1sccc1N. The highest BCUT2D eigenvalue weighted by Gasteiger charge is 2.11. The second kappa shape index (κ2) is 5.33. The van der Waals surface area contributed by atoms with Crippen LogP contribution in [-0.2, 0) is 13.0 Å². The molecule has 0 saturated heterocycles. The van der Waals surface area contributed by atoms with Crippen LogP contribution in [0.3, 0.4) is 0 Å². The van der Waals surface area contributed by atoms with Gasteiger partial charge in [0, 0.05) is 4.88 Å². The first-order chi connectivity index (χ1) is 8.22. The van der Waals surface area contributed by atoms with Crippen LogP contribution in [0.25, 0.3) is 0 Å². The number of anilines is 1. The molecule has 0 radical (unpaired) electrons. The normalized spacial score (nSPS) is 10.4. The van der Waals surface area contributed by atoms with Crippen molar-refractivity contribution < 1.29 is 4.79 Å². The lowest BCUT2D eigenvalue weighted by Gasteiger charge is -2.04. The molecule has 0 aliphatic carbocycles. The number of nitrogens with two attached hydrogens (primary N) is 1. The summed E-state index contributed by atoms with van der Waals surface area (Å²) >= 11 is 3.05. The standard InChI is InChI=1S/C12H14N2OS2/c1-2-8-3-5-16-10(8)7-14-12(15)11-9(13)4-6-17-11/h3-6H,2,7,13H2,1H3,(H,14,15). The van der Waals surface area contributed by atoms with Crippen LogP contribution in [0, 0.1) is 0 Å². The first-order valence-electron chi connectivity index (χ1n) is 5.38. The van der Waals surface area contributed by atoms with E-state index in [-0.39, 0.29) is 5.91 Å². The largest absolute Gasteiger partial charge is 0.397 e. The van der Waals surface area contributed by atoms with Crippen molar-refractivity contribution in [2.75, 3.05) is 5.73 Å². The van der Waals surface area contributed by atoms with Gasteiger partial charge in [-0.3, -0.25) is 4.79 Å². The molecule has 0 saturated carbocycles. The highest BCUT2D eigenvalue weighted by molar-refractivity contribution is 7.12. The number of thiophene rings is 2. The van der Waals surface area contributed by atoms with E-state index in [9.17, 15) is 4.79 Å². The highest BCUT2D eigenvalue weighted by Crippen LogP contribution is 2.20. The molecule has 0 aliphatic heterocycles. The molecule has 0 fully saturated rings. The fourth-order valence-electron chi connectivity index (χ4n) is 1.58. The van der Waals surface area contributed by atoms with Crippen molar-refractivity contribution in [3.63, 3.8) is 0 Å². The Labute approximate surface area is 108 Å². The van der Waals surface area contributed by atoms with Gasteiger partial charge in [-0.1, -0.05) is 6.92 Å². The summed E-state index contributed by atoms with van der Waals surface area (Å²) in [6, 6.07) is 3.86. The molecule has 2 rings (SSSR count). The summed E-state index contributed by atoms with van der Waals surface area (Å²) in [6.07, 6.45) is 0.996. The van der Waals surface area contributed by atoms with Gasteiger partial charge in [-0.2, -0.15) is 0 Å². The lowest BCUT2D eigenvalue weighted by atomic mass is 10.2. The van der Waals surface area contributed by atoms with E-state index in [2.05, 4.69) is 23.7 Å². The minimum atomic E-state index is -0.0899. The summed E-state index contributed by atoms with van der Waals surface area (Å²) < 4.78 is 0. The summed E-state index contributed by atoms with van der Waals surface area (Å²) in [7, 11) is 0. The molecule has 0 aliphatic rings. The van der Waals surface area contributed by atoms with Gasteiger partial charge >= 0.3 is 0 Å². The first kappa shape index (κ1) is 12.1. The van der Waals surface area contributed by atoms with Crippen molar-refractivity contribution in [3.8, 4) is 0 Å². The first-order valence-corrected chi connectivity index (χ1v) is 7.14. The van der Waals surface area contributed by atoms with E-state index >= 15 is 0 Å². The summed E-state index contributed by atoms with van der Waals surface area (Å²) in [6.45, 7) is 2.70. The summed E-state index contributed by atoms with van der Waals surface area (Å²) in [4.78, 5) is 13.7. The lowest BCUT2D eigenvalue weighted by Crippen LogP contribution is -2.22. The van der Waals surface area contributed by atoms with Gasteiger partial charge in [0.15, 0.2) is 0 Å². The zero-order chi connectivity index (χ0) is 12.3. The maximum Gasteiger partial charge on any atom is 0.263 e. The lowest BCUT2D eigenvalue weighted by molar-refractivity contribution is 0.0956. The van der Waals surface area contributed by atoms with E-state index in [1.165, 1.54) is 21.8 Å². The predicted octanol–water partition coefficient (Wildman–Crippen LogP) is 2.88. The minimum absolute atomic E-state index is 0.0899. The molecule has 0 atom stereocenters. The predicted molar refractivity (Wildman–Crippen MR) is 73.6 cm³/mol. The number of hydrogen-bond donors (Lipinski definition) is 2. The quantitative estimate of drug-likeness (QED) is 0.894. The average Bonchev–Trinajstić information content (AvgIpc) is 2.94. The molecule has 5 heteroatoms. The number of carbonyl (C=O) groups is 1. The Kier molecular flexibility index (Phi) is 3.81. The van der Waals surface area contributed by atoms with Gasteiger partial charge in [0.05, 0.1) is 12.2 Å². The molecule has 0 bridgehead atoms. The molecule has 2 heterocycles. The number of nitrogens with one attached hydrogen (secondary N) is 1. The number of aryl methyl sites for hydroxylation is 1. The van der Waals surface area contributed by atoms with Crippen LogP contribution < -0.4 is 11.1 Å². The van der Waals surface area contributed by atoms with Crippen LogP contribution in [0.4, 0.5) is 5.69 Å². The third-order valence-electron chi connectivity index (χ3n) is 2.53. The van der Waals surface area contributed by atoms with E-state index in [1.807, 2.05) is 5.38 Å². The second-order valence-electron chi connectivity index (χ2n) is 3.61. The van der Waals surface area contributed by atoms with E-state index in [0.717, 1.165) is 6.42 Å². The summed E-state index contributed by atoms with van der Waals surface area (Å²) in [5.41, 5.74) is 7.55. The molecular formula is C12H14N2OS2. The Morgan fingerprint density at radius 3 is 2.76 bits per heavy atom. The van der Waals surface area contributed by atoms with Crippen LogP contribution in [-0.4, -0.2) is 5.91 Å². The minimum Gasteiger partial charge on any atom is -0.397 e. The maximum absolute atomic E-state index is 11.8. The Bertz CT molecular complexity index is 516. The second-order valence-corrected chi connectivity index (χ2v) is 5.53. The highest BCUT2D eigenvalue weighted by atomic mass is 32.1. The molecule has 3 nitrogen and oxygen atoms in total. The van der Waals surface area contributed by atoms with Gasteiger partial charge in [0.2, 0.25) is 0 Å². The molecule has 1 amide bonds. The Balaban J connectivity index is 1.99. The third kappa shape index (κ3) is 2.68. The Morgan fingerprint density at radius 1 is 1.35 bits per heavy atom. The molecule has 0 aromatic carbocycles. The van der Waals surface area contributed by atoms with Gasteiger partial charge < -0.3 is 11.1 Å². The van der Waals surface area contributed by atoms with Crippen LogP contribution in [0.5, 0.6) is 0 Å². The van der Waals surface area contributed by atoms with Gasteiger partial charge in [0.1, 0.15) is 4.88 Å². The summed E-state index contributed by atoms with van der Waals surface area (Å²) in [5, 5.41) is 6.79. The number of rotatable bonds is 4. The van der Waals surface area contributed by atoms with Gasteiger partial charge in [0.25, 0.3) is 5.91 Å². The Hall–Kier alpha value is -1.33. The van der Waals surface area contributed by atoms with Crippen LogP contribution in [0.15, 0.2) is 22.9 Å². The van der Waals surface area contributed by atoms with E-state index in [1.54, 1.807) is 17.4 Å². The van der Waals surface area contributed by atoms with Crippen LogP contribution in [0.1, 0.15) is 27.0 Å². The third-order valence-corrected chi connectivity index (χ3v) is 4.42. The summed E-state index contributed by atoms with van der Waals surface area (Å²) in [5.74, 6) is -0.0899. The molecule has 2 aromatic heterocycles. The fraction of sp³-hybridized carbons (Fsp3) is 0.250. The number of hydrogen-bond acceptors (Lipinski definition) is 4.